The Morgan fingerprint density at radius 1 is 1.32 bits per heavy atom. The third-order valence-corrected chi connectivity index (χ3v) is 3.90. The summed E-state index contributed by atoms with van der Waals surface area (Å²) in [6.45, 7) is 4.57. The van der Waals surface area contributed by atoms with Gasteiger partial charge in [0.15, 0.2) is 0 Å². The number of halogens is 2. The van der Waals surface area contributed by atoms with Gasteiger partial charge in [-0.25, -0.2) is 9.59 Å². The molecule has 1 fully saturated rings. The van der Waals surface area contributed by atoms with Crippen molar-refractivity contribution < 1.29 is 28.6 Å². The molecule has 6 nitrogen and oxygen atoms in total. The average molecular weight is 322 g/mol. The summed E-state index contributed by atoms with van der Waals surface area (Å²) in [5, 5.41) is 18.7. The molecule has 1 unspecified atom stereocenters. The van der Waals surface area contributed by atoms with E-state index in [2.05, 4.69) is 0 Å². The van der Waals surface area contributed by atoms with Crippen molar-refractivity contribution >= 4 is 12.0 Å². The number of carbonyl (C=O) groups is 2. The molecule has 0 aromatic carbocycles. The lowest BCUT2D eigenvalue weighted by molar-refractivity contribution is -0.211. The van der Waals surface area contributed by atoms with Crippen LogP contribution in [0.15, 0.2) is 0 Å². The van der Waals surface area contributed by atoms with Crippen molar-refractivity contribution in [3.05, 3.63) is 0 Å². The van der Waals surface area contributed by atoms with Crippen LogP contribution in [0.3, 0.4) is 0 Å². The van der Waals surface area contributed by atoms with Crippen LogP contribution in [0.1, 0.15) is 33.1 Å². The molecule has 0 aromatic heterocycles. The van der Waals surface area contributed by atoms with E-state index in [0.717, 1.165) is 0 Å². The van der Waals surface area contributed by atoms with Crippen LogP contribution in [0.2, 0.25) is 0 Å². The first kappa shape index (κ1) is 18.6. The second-order valence-electron chi connectivity index (χ2n) is 6.31. The average Bonchev–Trinajstić information content (AvgIpc) is 2.60. The Morgan fingerprint density at radius 3 is 2.41 bits per heavy atom. The summed E-state index contributed by atoms with van der Waals surface area (Å²) < 4.78 is 27.4. The Hall–Kier alpha value is -1.44. The van der Waals surface area contributed by atoms with Gasteiger partial charge in [0.25, 0.3) is 0 Å². The van der Waals surface area contributed by atoms with Gasteiger partial charge in [0.05, 0.1) is 0 Å². The van der Waals surface area contributed by atoms with Gasteiger partial charge in [-0.15, -0.1) is 0 Å². The van der Waals surface area contributed by atoms with E-state index >= 15 is 0 Å². The van der Waals surface area contributed by atoms with Gasteiger partial charge in [0.2, 0.25) is 0 Å². The molecule has 0 aliphatic carbocycles. The summed E-state index contributed by atoms with van der Waals surface area (Å²) in [6, 6.07) is -0.295. The number of amides is 2. The molecule has 0 aromatic rings. The molecular formula is C14H24F2N2O4. The molecule has 1 rings (SSSR count). The van der Waals surface area contributed by atoms with Gasteiger partial charge >= 0.3 is 17.9 Å². The van der Waals surface area contributed by atoms with E-state index in [9.17, 15) is 23.5 Å². The van der Waals surface area contributed by atoms with Crippen LogP contribution in [0, 0.1) is 5.92 Å². The molecule has 0 saturated carbocycles. The van der Waals surface area contributed by atoms with E-state index in [1.54, 1.807) is 7.05 Å². The maximum Gasteiger partial charge on any atom is 0.377 e. The lowest BCUT2D eigenvalue weighted by Gasteiger charge is -2.32. The van der Waals surface area contributed by atoms with Crippen molar-refractivity contribution in [2.45, 2.75) is 44.6 Å². The monoisotopic (exact) mass is 322 g/mol. The van der Waals surface area contributed by atoms with Gasteiger partial charge in [-0.2, -0.15) is 8.78 Å². The molecule has 2 amide bonds. The van der Waals surface area contributed by atoms with E-state index in [-0.39, 0.29) is 37.9 Å². The van der Waals surface area contributed by atoms with E-state index in [1.807, 2.05) is 13.8 Å². The zero-order valence-corrected chi connectivity index (χ0v) is 13.2. The minimum absolute atomic E-state index is 0.0966. The van der Waals surface area contributed by atoms with Crippen molar-refractivity contribution in [1.29, 1.82) is 0 Å². The molecule has 128 valence electrons. The highest BCUT2D eigenvalue weighted by Crippen LogP contribution is 2.37. The van der Waals surface area contributed by atoms with Crippen LogP contribution in [-0.2, 0) is 4.79 Å². The molecule has 1 saturated heterocycles. The van der Waals surface area contributed by atoms with Crippen LogP contribution in [0.5, 0.6) is 0 Å². The number of aliphatic carboxylic acids is 1. The fourth-order valence-corrected chi connectivity index (χ4v) is 2.69. The molecule has 22 heavy (non-hydrogen) atoms. The molecule has 1 aliphatic rings. The minimum Gasteiger partial charge on any atom is -0.477 e. The quantitative estimate of drug-likeness (QED) is 0.824. The number of aliphatic hydroxyl groups is 1. The van der Waals surface area contributed by atoms with Crippen molar-refractivity contribution in [2.75, 3.05) is 26.7 Å². The first-order chi connectivity index (χ1) is 10.0. The van der Waals surface area contributed by atoms with Gasteiger partial charge in [-0.05, 0) is 18.8 Å². The number of carboxylic acids is 1. The van der Waals surface area contributed by atoms with Crippen molar-refractivity contribution in [3.63, 3.8) is 0 Å². The number of alkyl halides is 2. The molecule has 1 aliphatic heterocycles. The zero-order chi connectivity index (χ0) is 17.1. The third-order valence-electron chi connectivity index (χ3n) is 3.90. The van der Waals surface area contributed by atoms with Crippen molar-refractivity contribution in [1.82, 2.24) is 9.80 Å². The number of hydrogen-bond acceptors (Lipinski definition) is 3. The normalized spacial score (nSPS) is 23.3. The number of carbonyl (C=O) groups excluding carboxylic acids is 1. The maximum atomic E-state index is 13.7. The SMILES string of the molecule is CC(C)CN(C)C(=O)N1CCCC(O)(C(F)(F)C(=O)O)CC1. The van der Waals surface area contributed by atoms with Gasteiger partial charge < -0.3 is 20.0 Å². The summed E-state index contributed by atoms with van der Waals surface area (Å²) in [5.74, 6) is -6.29. The smallest absolute Gasteiger partial charge is 0.377 e. The fourth-order valence-electron chi connectivity index (χ4n) is 2.69. The second kappa shape index (κ2) is 6.76. The van der Waals surface area contributed by atoms with Crippen LogP contribution in [0.25, 0.3) is 0 Å². The number of hydrogen-bond donors (Lipinski definition) is 2. The molecule has 0 bridgehead atoms. The van der Waals surface area contributed by atoms with E-state index in [4.69, 9.17) is 5.11 Å². The molecule has 2 N–H and O–H groups in total. The Morgan fingerprint density at radius 2 is 1.91 bits per heavy atom. The van der Waals surface area contributed by atoms with Gasteiger partial charge in [-0.1, -0.05) is 13.8 Å². The van der Waals surface area contributed by atoms with Crippen LogP contribution in [-0.4, -0.2) is 70.2 Å². The number of urea groups is 1. The second-order valence-corrected chi connectivity index (χ2v) is 6.31. The highest BCUT2D eigenvalue weighted by Gasteiger charge is 2.58. The molecular weight excluding hydrogens is 298 g/mol. The summed E-state index contributed by atoms with van der Waals surface area (Å²) in [7, 11) is 1.63. The maximum absolute atomic E-state index is 13.7. The molecule has 0 spiro atoms. The topological polar surface area (TPSA) is 81.1 Å². The standard InChI is InChI=1S/C14H24F2N2O4/c1-10(2)9-17(3)12(21)18-7-4-5-13(22,6-8-18)14(15,16)11(19)20/h10,22H,4-9H2,1-3H3,(H,19,20). The first-order valence-corrected chi connectivity index (χ1v) is 7.35. The molecule has 1 heterocycles. The fraction of sp³-hybridized carbons (Fsp3) is 0.857. The largest absolute Gasteiger partial charge is 0.477 e. The third kappa shape index (κ3) is 3.85. The zero-order valence-electron chi connectivity index (χ0n) is 13.2. The summed E-state index contributed by atoms with van der Waals surface area (Å²) in [5.41, 5.74) is -2.62. The van der Waals surface area contributed by atoms with E-state index in [1.165, 1.54) is 9.80 Å². The van der Waals surface area contributed by atoms with Crippen LogP contribution in [0.4, 0.5) is 13.6 Å². The molecule has 8 heteroatoms. The highest BCUT2D eigenvalue weighted by molar-refractivity contribution is 5.77. The van der Waals surface area contributed by atoms with Gasteiger partial charge in [0.1, 0.15) is 5.60 Å². The Labute approximate surface area is 128 Å². The minimum atomic E-state index is -4.23. The number of rotatable bonds is 4. The van der Waals surface area contributed by atoms with Crippen molar-refractivity contribution in [3.8, 4) is 0 Å². The van der Waals surface area contributed by atoms with E-state index < -0.39 is 23.9 Å². The summed E-state index contributed by atoms with van der Waals surface area (Å²) >= 11 is 0. The van der Waals surface area contributed by atoms with Crippen LogP contribution >= 0.6 is 0 Å². The molecule has 1 atom stereocenters. The lowest BCUT2D eigenvalue weighted by atomic mass is 9.88. The number of carboxylic acid groups (broad SMARTS) is 1. The highest BCUT2D eigenvalue weighted by atomic mass is 19.3. The van der Waals surface area contributed by atoms with Gasteiger partial charge in [-0.3, -0.25) is 0 Å². The lowest BCUT2D eigenvalue weighted by Crippen LogP contribution is -2.54. The van der Waals surface area contributed by atoms with Crippen LogP contribution < -0.4 is 0 Å². The summed E-state index contributed by atoms with van der Waals surface area (Å²) in [4.78, 5) is 25.8. The first-order valence-electron chi connectivity index (χ1n) is 7.35. The Balaban J connectivity index is 2.78. The Kier molecular flexibility index (Phi) is 5.72. The predicted octanol–water partition coefficient (Wildman–Crippen LogP) is 1.63. The van der Waals surface area contributed by atoms with Crippen molar-refractivity contribution in [2.24, 2.45) is 5.92 Å². The number of nitrogens with zero attached hydrogens (tertiary/aromatic N) is 2. The Bertz CT molecular complexity index is 431. The van der Waals surface area contributed by atoms with E-state index in [0.29, 0.717) is 6.54 Å². The predicted molar refractivity (Wildman–Crippen MR) is 75.8 cm³/mol. The van der Waals surface area contributed by atoms with Gasteiger partial charge in [0, 0.05) is 33.1 Å². The summed E-state index contributed by atoms with van der Waals surface area (Å²) in [6.07, 6.45) is -0.696. The molecule has 0 radical (unpaired) electrons. The number of likely N-dealkylation sites (tertiary alicyclic amines) is 1.